The molecule has 0 aliphatic heterocycles. The molecule has 0 saturated carbocycles. The average molecular weight is 390 g/mol. The van der Waals surface area contributed by atoms with Gasteiger partial charge in [-0.05, 0) is 23.8 Å². The first-order chi connectivity index (χ1) is 12.3. The normalized spacial score (nSPS) is 11.8. The van der Waals surface area contributed by atoms with Crippen molar-refractivity contribution in [3.05, 3.63) is 54.4 Å². The molecule has 0 radical (unpaired) electrons. The third-order valence-electron chi connectivity index (χ3n) is 3.80. The van der Waals surface area contributed by atoms with E-state index >= 15 is 0 Å². The highest BCUT2D eigenvalue weighted by Crippen LogP contribution is 2.29. The van der Waals surface area contributed by atoms with Gasteiger partial charge in [0, 0.05) is 19.4 Å². The first-order valence-electron chi connectivity index (χ1n) is 7.81. The fourth-order valence-corrected chi connectivity index (χ4v) is 3.63. The number of rotatable bonds is 6. The molecule has 3 aromatic rings. The molecule has 9 heteroatoms. The number of sulfonamides is 1. The van der Waals surface area contributed by atoms with Crippen molar-refractivity contribution >= 4 is 42.6 Å². The van der Waals surface area contributed by atoms with Gasteiger partial charge in [-0.3, -0.25) is 14.7 Å². The fourth-order valence-electron chi connectivity index (χ4n) is 2.31. The van der Waals surface area contributed by atoms with Gasteiger partial charge >= 0.3 is 0 Å². The Balaban J connectivity index is 1.94. The van der Waals surface area contributed by atoms with E-state index in [0.717, 1.165) is 26.3 Å². The second kappa shape index (κ2) is 7.48. The van der Waals surface area contributed by atoms with E-state index in [2.05, 4.69) is 9.97 Å². The summed E-state index contributed by atoms with van der Waals surface area (Å²) in [5, 5.41) is 0.530. The Hall–Kier alpha value is -2.36. The molecule has 0 unspecified atom stereocenters. The molecular weight excluding hydrogens is 372 g/mol. The largest absolute Gasteiger partial charge is 0.282 e. The molecule has 0 spiro atoms. The van der Waals surface area contributed by atoms with Gasteiger partial charge < -0.3 is 0 Å². The summed E-state index contributed by atoms with van der Waals surface area (Å²) < 4.78 is 25.3. The summed E-state index contributed by atoms with van der Waals surface area (Å²) in [5.41, 5.74) is 1.63. The molecule has 0 N–H and O–H groups in total. The van der Waals surface area contributed by atoms with Gasteiger partial charge in [-0.2, -0.15) is 4.31 Å². The number of thiazole rings is 1. The number of hydrogen-bond acceptors (Lipinski definition) is 6. The molecule has 7 nitrogen and oxygen atoms in total. The third kappa shape index (κ3) is 4.24. The zero-order chi connectivity index (χ0) is 18.7. The summed E-state index contributed by atoms with van der Waals surface area (Å²) in [6, 6.07) is 11.3. The van der Waals surface area contributed by atoms with Crippen molar-refractivity contribution < 1.29 is 13.2 Å². The molecule has 1 aromatic carbocycles. The summed E-state index contributed by atoms with van der Waals surface area (Å²) in [4.78, 5) is 23.0. The molecule has 0 aliphatic rings. The van der Waals surface area contributed by atoms with Gasteiger partial charge in [0.15, 0.2) is 5.13 Å². The monoisotopic (exact) mass is 390 g/mol. The van der Waals surface area contributed by atoms with E-state index in [4.69, 9.17) is 0 Å². The zero-order valence-electron chi connectivity index (χ0n) is 14.4. The molecule has 0 bridgehead atoms. The number of aromatic nitrogens is 2. The first-order valence-corrected chi connectivity index (χ1v) is 10.5. The van der Waals surface area contributed by atoms with E-state index in [-0.39, 0.29) is 19.0 Å². The number of pyridine rings is 1. The topological polar surface area (TPSA) is 83.5 Å². The average Bonchev–Trinajstić information content (AvgIpc) is 3.03. The minimum Gasteiger partial charge on any atom is -0.282 e. The number of para-hydroxylation sites is 1. The SMILES string of the molecule is CN(CC(=O)N(Cc1cccnc1)c1nc2ccccc2s1)S(C)(=O)=O. The lowest BCUT2D eigenvalue weighted by molar-refractivity contribution is -0.118. The van der Waals surface area contributed by atoms with Crippen LogP contribution in [0.4, 0.5) is 5.13 Å². The number of likely N-dealkylation sites (N-methyl/N-ethyl adjacent to an activating group) is 1. The van der Waals surface area contributed by atoms with Gasteiger partial charge in [0.25, 0.3) is 0 Å². The van der Waals surface area contributed by atoms with Gasteiger partial charge in [-0.15, -0.1) is 0 Å². The summed E-state index contributed by atoms with van der Waals surface area (Å²) in [7, 11) is -2.07. The maximum Gasteiger partial charge on any atom is 0.244 e. The van der Waals surface area contributed by atoms with Crippen molar-refractivity contribution in [1.82, 2.24) is 14.3 Å². The van der Waals surface area contributed by atoms with Gasteiger partial charge in [0.1, 0.15) is 0 Å². The van der Waals surface area contributed by atoms with Gasteiger partial charge in [-0.25, -0.2) is 13.4 Å². The Kier molecular flexibility index (Phi) is 5.30. The lowest BCUT2D eigenvalue weighted by Crippen LogP contribution is -2.40. The summed E-state index contributed by atoms with van der Waals surface area (Å²) >= 11 is 1.39. The van der Waals surface area contributed by atoms with Crippen LogP contribution in [0.2, 0.25) is 0 Å². The highest BCUT2D eigenvalue weighted by molar-refractivity contribution is 7.88. The van der Waals surface area contributed by atoms with E-state index in [1.54, 1.807) is 18.5 Å². The Bertz CT molecular complexity index is 986. The highest BCUT2D eigenvalue weighted by atomic mass is 32.2. The lowest BCUT2D eigenvalue weighted by Gasteiger charge is -2.22. The smallest absolute Gasteiger partial charge is 0.244 e. The standard InChI is InChI=1S/C17H18N4O3S2/c1-20(26(2,23)24)12-16(22)21(11-13-6-5-9-18-10-13)17-19-14-7-3-4-8-15(14)25-17/h3-10H,11-12H2,1-2H3. The predicted octanol–water partition coefficient (Wildman–Crippen LogP) is 2.12. The van der Waals surface area contributed by atoms with E-state index in [0.29, 0.717) is 5.13 Å². The third-order valence-corrected chi connectivity index (χ3v) is 6.12. The van der Waals surface area contributed by atoms with Crippen LogP contribution in [0.15, 0.2) is 48.8 Å². The van der Waals surface area contributed by atoms with Crippen molar-refractivity contribution in [2.24, 2.45) is 0 Å². The molecule has 0 atom stereocenters. The molecule has 26 heavy (non-hydrogen) atoms. The van der Waals surface area contributed by atoms with Crippen LogP contribution in [0.25, 0.3) is 10.2 Å². The van der Waals surface area contributed by atoms with E-state index in [9.17, 15) is 13.2 Å². The molecule has 0 aliphatic carbocycles. The lowest BCUT2D eigenvalue weighted by atomic mass is 10.2. The highest BCUT2D eigenvalue weighted by Gasteiger charge is 2.24. The molecule has 2 aromatic heterocycles. The fraction of sp³-hybridized carbons (Fsp3) is 0.235. The molecule has 2 heterocycles. The number of hydrogen-bond donors (Lipinski definition) is 0. The summed E-state index contributed by atoms with van der Waals surface area (Å²) in [5.74, 6) is -0.346. The van der Waals surface area contributed by atoms with Crippen molar-refractivity contribution in [3.63, 3.8) is 0 Å². The summed E-state index contributed by atoms with van der Waals surface area (Å²) in [6.45, 7) is 0.0130. The van der Waals surface area contributed by atoms with E-state index < -0.39 is 10.0 Å². The first kappa shape index (κ1) is 18.4. The van der Waals surface area contributed by atoms with Crippen molar-refractivity contribution in [1.29, 1.82) is 0 Å². The maximum absolute atomic E-state index is 12.8. The quantitative estimate of drug-likeness (QED) is 0.644. The Morgan fingerprint density at radius 1 is 1.19 bits per heavy atom. The predicted molar refractivity (Wildman–Crippen MR) is 103 cm³/mol. The zero-order valence-corrected chi connectivity index (χ0v) is 16.0. The minimum atomic E-state index is -3.45. The van der Waals surface area contributed by atoms with Crippen molar-refractivity contribution in [3.8, 4) is 0 Å². The van der Waals surface area contributed by atoms with Crippen LogP contribution in [-0.2, 0) is 21.4 Å². The number of benzene rings is 1. The van der Waals surface area contributed by atoms with Crippen LogP contribution in [0.1, 0.15) is 5.56 Å². The van der Waals surface area contributed by atoms with Crippen LogP contribution >= 0.6 is 11.3 Å². The van der Waals surface area contributed by atoms with Crippen LogP contribution in [0, 0.1) is 0 Å². The van der Waals surface area contributed by atoms with Gasteiger partial charge in [0.2, 0.25) is 15.9 Å². The number of carbonyl (C=O) groups is 1. The van der Waals surface area contributed by atoms with E-state index in [1.165, 1.54) is 23.3 Å². The number of carbonyl (C=O) groups excluding carboxylic acids is 1. The molecular formula is C17H18N4O3S2. The molecule has 1 amide bonds. The number of anilines is 1. The number of nitrogens with zero attached hydrogens (tertiary/aromatic N) is 4. The van der Waals surface area contributed by atoms with Gasteiger partial charge in [0.05, 0.1) is 29.6 Å². The Morgan fingerprint density at radius 3 is 2.62 bits per heavy atom. The van der Waals surface area contributed by atoms with Crippen molar-refractivity contribution in [2.45, 2.75) is 6.54 Å². The molecule has 3 rings (SSSR count). The number of amides is 1. The van der Waals surface area contributed by atoms with Crippen LogP contribution in [0.3, 0.4) is 0 Å². The molecule has 136 valence electrons. The second-order valence-corrected chi connectivity index (χ2v) is 8.92. The molecule has 0 fully saturated rings. The minimum absolute atomic E-state index is 0.255. The second-order valence-electron chi connectivity index (χ2n) is 5.82. The van der Waals surface area contributed by atoms with Crippen LogP contribution in [-0.4, -0.2) is 48.4 Å². The van der Waals surface area contributed by atoms with Crippen molar-refractivity contribution in [2.75, 3.05) is 24.7 Å². The summed E-state index contributed by atoms with van der Waals surface area (Å²) in [6.07, 6.45) is 4.40. The van der Waals surface area contributed by atoms with Crippen LogP contribution in [0.5, 0.6) is 0 Å². The number of fused-ring (bicyclic) bond motifs is 1. The molecule has 0 saturated heterocycles. The Labute approximate surface area is 156 Å². The maximum atomic E-state index is 12.8. The van der Waals surface area contributed by atoms with E-state index in [1.807, 2.05) is 30.3 Å². The van der Waals surface area contributed by atoms with Gasteiger partial charge in [-0.1, -0.05) is 29.5 Å². The Morgan fingerprint density at radius 2 is 1.96 bits per heavy atom. The van der Waals surface area contributed by atoms with Crippen LogP contribution < -0.4 is 4.90 Å².